The minimum atomic E-state index is -2.82. The largest absolute Gasteiger partial charge is 0.467 e. The van der Waals surface area contributed by atoms with Crippen molar-refractivity contribution in [2.45, 2.75) is 6.92 Å². The van der Waals surface area contributed by atoms with Crippen LogP contribution in [0.3, 0.4) is 0 Å². The molecule has 0 aliphatic carbocycles. The van der Waals surface area contributed by atoms with Gasteiger partial charge in [-0.15, -0.1) is 11.3 Å². The Bertz CT molecular complexity index is 858. The van der Waals surface area contributed by atoms with Gasteiger partial charge in [0, 0.05) is 0 Å². The summed E-state index contributed by atoms with van der Waals surface area (Å²) >= 11 is 1.38. The van der Waals surface area contributed by atoms with Crippen LogP contribution in [0, 0.1) is 6.92 Å². The molecule has 2 aromatic rings. The first-order valence-corrected chi connectivity index (χ1v) is 8.27. The molecule has 0 fully saturated rings. The molecule has 1 N–H and O–H groups in total. The Hall–Kier alpha value is -2.93. The van der Waals surface area contributed by atoms with Crippen molar-refractivity contribution >= 4 is 39.8 Å². The molecule has 0 bridgehead atoms. The van der Waals surface area contributed by atoms with Gasteiger partial charge < -0.3 is 9.47 Å². The number of hydrogen-bond acceptors (Lipinski definition) is 10. The number of ether oxygens (including phenoxy) is 2. The number of nitrogens with zero attached hydrogens (tertiary/aromatic N) is 4. The van der Waals surface area contributed by atoms with Crippen LogP contribution in [0.1, 0.15) is 15.5 Å². The van der Waals surface area contributed by atoms with Crippen molar-refractivity contribution in [3.63, 3.8) is 0 Å². The molecule has 2 amide bonds. The highest BCUT2D eigenvalue weighted by Gasteiger charge is 2.07. The number of thiophene rings is 1. The zero-order chi connectivity index (χ0) is 18.8. The smallest absolute Gasteiger partial charge is 0.362 e. The van der Waals surface area contributed by atoms with Gasteiger partial charge in [-0.2, -0.15) is 23.4 Å². The van der Waals surface area contributed by atoms with Gasteiger partial charge in [-0.1, -0.05) is 10.4 Å². The van der Waals surface area contributed by atoms with Crippen molar-refractivity contribution in [1.82, 2.24) is 15.0 Å². The van der Waals surface area contributed by atoms with Crippen LogP contribution in [-0.4, -0.2) is 49.6 Å². The van der Waals surface area contributed by atoms with Gasteiger partial charge in [-0.3, -0.25) is 5.32 Å². The van der Waals surface area contributed by atoms with Gasteiger partial charge in [-0.05, 0) is 18.4 Å². The average Bonchev–Trinajstić information content (AvgIpc) is 3.07. The summed E-state index contributed by atoms with van der Waals surface area (Å²) in [6.07, 6.45) is 0. The minimum Gasteiger partial charge on any atom is -0.467 e. The van der Waals surface area contributed by atoms with Gasteiger partial charge in [0.05, 0.1) is 14.2 Å². The molecule has 0 radical (unpaired) electrons. The fraction of sp³-hybridized carbons (Fsp3) is 0.250. The molecule has 0 unspecified atom stereocenters. The maximum Gasteiger partial charge on any atom is 0.362 e. The Labute approximate surface area is 147 Å². The molecule has 2 heterocycles. The highest BCUT2D eigenvalue weighted by Crippen LogP contribution is 2.08. The van der Waals surface area contributed by atoms with Crippen LogP contribution in [0.4, 0.5) is 10.7 Å². The number of rotatable bonds is 3. The number of amides is 2. The lowest BCUT2D eigenvalue weighted by atomic mass is 10.5. The molecule has 0 aromatic carbocycles. The zero-order valence-corrected chi connectivity index (χ0v) is 14.9. The van der Waals surface area contributed by atoms with E-state index < -0.39 is 16.5 Å². The van der Waals surface area contributed by atoms with Crippen molar-refractivity contribution < 1.29 is 27.5 Å². The summed E-state index contributed by atoms with van der Waals surface area (Å²) < 4.78 is 32.1. The molecule has 0 saturated heterocycles. The average molecular weight is 387 g/mol. The van der Waals surface area contributed by atoms with Crippen molar-refractivity contribution in [2.24, 2.45) is 4.36 Å². The Morgan fingerprint density at radius 2 is 1.96 bits per heavy atom. The molecule has 0 aliphatic heterocycles. The van der Waals surface area contributed by atoms with Gasteiger partial charge in [-0.25, -0.2) is 9.59 Å². The molecule has 0 atom stereocenters. The van der Waals surface area contributed by atoms with E-state index in [2.05, 4.69) is 24.1 Å². The van der Waals surface area contributed by atoms with Gasteiger partial charge in [0.1, 0.15) is 10.7 Å². The van der Waals surface area contributed by atoms with Gasteiger partial charge in [0.15, 0.2) is 0 Å². The second kappa shape index (κ2) is 10.0. The number of carbonyl (C=O) groups is 2. The van der Waals surface area contributed by atoms with E-state index in [-0.39, 0.29) is 17.9 Å². The van der Waals surface area contributed by atoms with E-state index in [9.17, 15) is 18.0 Å². The number of carbonyl (C=O) groups excluding carboxylic acids is 2. The predicted octanol–water partition coefficient (Wildman–Crippen LogP) is 1.32. The summed E-state index contributed by atoms with van der Waals surface area (Å²) in [5.41, 5.74) is 0. The van der Waals surface area contributed by atoms with Crippen LogP contribution in [0.5, 0.6) is 6.01 Å². The number of esters is 1. The monoisotopic (exact) mass is 387 g/mol. The van der Waals surface area contributed by atoms with Crippen molar-refractivity contribution in [3.8, 4) is 6.01 Å². The SMILES string of the molecule is COC(=O)c1cccs1.COc1nc(C)nc(NC(=O)N=S(=O)=O)n1. The molecule has 2 rings (SSSR count). The number of aromatic nitrogens is 3. The molecule has 0 spiro atoms. The Morgan fingerprint density at radius 1 is 1.24 bits per heavy atom. The maximum atomic E-state index is 10.9. The first-order valence-electron chi connectivity index (χ1n) is 6.36. The van der Waals surface area contributed by atoms with Crippen molar-refractivity contribution in [1.29, 1.82) is 0 Å². The maximum absolute atomic E-state index is 10.9. The molecule has 134 valence electrons. The van der Waals surface area contributed by atoms with Gasteiger partial charge >= 0.3 is 28.5 Å². The van der Waals surface area contributed by atoms with Crippen LogP contribution in [0.2, 0.25) is 0 Å². The fourth-order valence-electron chi connectivity index (χ4n) is 1.29. The normalized spacial score (nSPS) is 9.24. The molecular formula is C12H13N5O6S2. The van der Waals surface area contributed by atoms with Crippen LogP contribution >= 0.6 is 11.3 Å². The molecule has 11 nitrogen and oxygen atoms in total. The Morgan fingerprint density at radius 3 is 2.48 bits per heavy atom. The highest BCUT2D eigenvalue weighted by atomic mass is 32.2. The number of anilines is 1. The lowest BCUT2D eigenvalue weighted by Gasteiger charge is -2.02. The van der Waals surface area contributed by atoms with Crippen molar-refractivity contribution in [3.05, 3.63) is 28.2 Å². The van der Waals surface area contributed by atoms with Crippen molar-refractivity contribution in [2.75, 3.05) is 19.5 Å². The van der Waals surface area contributed by atoms with Crippen LogP contribution in [0.25, 0.3) is 0 Å². The second-order valence-electron chi connectivity index (χ2n) is 3.90. The second-order valence-corrected chi connectivity index (χ2v) is 5.46. The number of urea groups is 1. The molecule has 0 saturated carbocycles. The first kappa shape index (κ1) is 20.1. The van der Waals surface area contributed by atoms with Crippen LogP contribution < -0.4 is 10.1 Å². The third-order valence-electron chi connectivity index (χ3n) is 2.19. The third-order valence-corrected chi connectivity index (χ3v) is 3.36. The minimum absolute atomic E-state index is 0.00560. The Balaban J connectivity index is 0.000000293. The summed E-state index contributed by atoms with van der Waals surface area (Å²) in [6.45, 7) is 1.56. The van der Waals surface area contributed by atoms with E-state index in [0.29, 0.717) is 10.7 Å². The number of nitrogens with one attached hydrogen (secondary N) is 1. The lowest BCUT2D eigenvalue weighted by Crippen LogP contribution is -2.11. The van der Waals surface area contributed by atoms with E-state index in [0.717, 1.165) is 0 Å². The predicted molar refractivity (Wildman–Crippen MR) is 87.1 cm³/mol. The standard InChI is InChI=1S/C6H7N5O4S.C6H6O2S/c1-3-7-4(10-6(8-3)15-2)9-5(12)11-16(13)14;1-8-6(7)5-3-2-4-9-5/h1-2H3,(H,7,8,9,10,12);2-4H,1H3. The quantitative estimate of drug-likeness (QED) is 0.769. The summed E-state index contributed by atoms with van der Waals surface area (Å²) in [7, 11) is -0.0995. The summed E-state index contributed by atoms with van der Waals surface area (Å²) in [5, 5.41) is 3.89. The lowest BCUT2D eigenvalue weighted by molar-refractivity contribution is 0.0606. The fourth-order valence-corrected chi connectivity index (χ4v) is 2.11. The van der Waals surface area contributed by atoms with E-state index in [4.69, 9.17) is 4.74 Å². The Kier molecular flexibility index (Phi) is 8.08. The van der Waals surface area contributed by atoms with E-state index in [1.165, 1.54) is 25.6 Å². The molecule has 13 heteroatoms. The van der Waals surface area contributed by atoms with E-state index in [1.807, 2.05) is 16.8 Å². The van der Waals surface area contributed by atoms with Crippen LogP contribution in [0.15, 0.2) is 21.9 Å². The molecule has 0 aliphatic rings. The van der Waals surface area contributed by atoms with E-state index in [1.54, 1.807) is 13.0 Å². The first-order chi connectivity index (χ1) is 11.8. The van der Waals surface area contributed by atoms with Gasteiger partial charge in [0.25, 0.3) is 0 Å². The number of hydrogen-bond donors (Lipinski definition) is 1. The number of aryl methyl sites for hydroxylation is 1. The summed E-state index contributed by atoms with van der Waals surface area (Å²) in [4.78, 5) is 33.4. The van der Waals surface area contributed by atoms with E-state index >= 15 is 0 Å². The highest BCUT2D eigenvalue weighted by molar-refractivity contribution is 7.62. The zero-order valence-electron chi connectivity index (χ0n) is 13.3. The third kappa shape index (κ3) is 7.45. The topological polar surface area (TPSA) is 150 Å². The summed E-state index contributed by atoms with van der Waals surface area (Å²) in [5.74, 6) is -0.0843. The molecular weight excluding hydrogens is 374 g/mol. The van der Waals surface area contributed by atoms with Gasteiger partial charge in [0.2, 0.25) is 5.95 Å². The van der Waals surface area contributed by atoms with Crippen LogP contribution in [-0.2, 0) is 15.2 Å². The molecule has 25 heavy (non-hydrogen) atoms. The molecule has 2 aromatic heterocycles. The number of methoxy groups -OCH3 is 2. The summed E-state index contributed by atoms with van der Waals surface area (Å²) in [6, 6.07) is 2.46.